The van der Waals surface area contributed by atoms with Crippen LogP contribution in [0, 0.1) is 0 Å². The van der Waals surface area contributed by atoms with Crippen LogP contribution in [0.4, 0.5) is 0 Å². The molecular formula is C23H21BrN2O2. The molecule has 0 radical (unpaired) electrons. The van der Waals surface area contributed by atoms with E-state index in [-0.39, 0.29) is 18.4 Å². The molecule has 5 heteroatoms. The first-order chi connectivity index (χ1) is 13.5. The highest BCUT2D eigenvalue weighted by molar-refractivity contribution is 9.10. The van der Waals surface area contributed by atoms with Crippen molar-refractivity contribution in [3.8, 4) is 11.1 Å². The van der Waals surface area contributed by atoms with Crippen LogP contribution in [0.25, 0.3) is 11.1 Å². The van der Waals surface area contributed by atoms with Crippen LogP contribution in [-0.4, -0.2) is 30.3 Å². The van der Waals surface area contributed by atoms with Gasteiger partial charge in [0.2, 0.25) is 5.91 Å². The number of carbonyl (C=O) groups excluding carboxylic acids is 2. The average molecular weight is 437 g/mol. The van der Waals surface area contributed by atoms with Crippen LogP contribution in [0.3, 0.4) is 0 Å². The third-order valence-corrected chi connectivity index (χ3v) is 5.22. The number of nitrogens with one attached hydrogen (secondary N) is 1. The van der Waals surface area contributed by atoms with Crippen LogP contribution in [0.2, 0.25) is 0 Å². The van der Waals surface area contributed by atoms with Crippen LogP contribution >= 0.6 is 15.9 Å². The van der Waals surface area contributed by atoms with Crippen molar-refractivity contribution in [3.05, 3.63) is 94.5 Å². The van der Waals surface area contributed by atoms with Gasteiger partial charge in [-0.2, -0.15) is 0 Å². The summed E-state index contributed by atoms with van der Waals surface area (Å²) in [5.74, 6) is -0.410. The Morgan fingerprint density at radius 1 is 0.857 bits per heavy atom. The summed E-state index contributed by atoms with van der Waals surface area (Å²) in [5, 5.41) is 2.70. The molecule has 3 aromatic rings. The summed E-state index contributed by atoms with van der Waals surface area (Å²) in [7, 11) is 1.72. The Balaban J connectivity index is 1.54. The molecule has 0 atom stereocenters. The number of carbonyl (C=O) groups is 2. The zero-order chi connectivity index (χ0) is 19.9. The van der Waals surface area contributed by atoms with Crippen molar-refractivity contribution in [2.45, 2.75) is 6.54 Å². The van der Waals surface area contributed by atoms with Gasteiger partial charge >= 0.3 is 0 Å². The third kappa shape index (κ3) is 5.08. The number of likely N-dealkylation sites (N-methyl/N-ethyl adjacent to an activating group) is 1. The number of hydrogen-bond acceptors (Lipinski definition) is 2. The minimum absolute atomic E-state index is 0.0414. The molecule has 28 heavy (non-hydrogen) atoms. The second kappa shape index (κ2) is 9.33. The first-order valence-corrected chi connectivity index (χ1v) is 9.75. The fourth-order valence-electron chi connectivity index (χ4n) is 2.81. The third-order valence-electron chi connectivity index (χ3n) is 4.45. The summed E-state index contributed by atoms with van der Waals surface area (Å²) in [5.41, 5.74) is 3.68. The van der Waals surface area contributed by atoms with Gasteiger partial charge in [0.1, 0.15) is 0 Å². The van der Waals surface area contributed by atoms with Gasteiger partial charge in [0, 0.05) is 23.6 Å². The lowest BCUT2D eigenvalue weighted by molar-refractivity contribution is -0.129. The Morgan fingerprint density at radius 3 is 2.14 bits per heavy atom. The van der Waals surface area contributed by atoms with Gasteiger partial charge in [-0.1, -0.05) is 76.6 Å². The second-order valence-corrected chi connectivity index (χ2v) is 7.32. The molecule has 0 saturated carbocycles. The molecule has 2 amide bonds. The molecule has 142 valence electrons. The van der Waals surface area contributed by atoms with E-state index in [0.717, 1.165) is 21.2 Å². The molecule has 0 unspecified atom stereocenters. The molecule has 0 heterocycles. The van der Waals surface area contributed by atoms with Gasteiger partial charge in [-0.25, -0.2) is 0 Å². The Morgan fingerprint density at radius 2 is 1.46 bits per heavy atom. The van der Waals surface area contributed by atoms with Gasteiger partial charge in [-0.3, -0.25) is 9.59 Å². The molecule has 0 aliphatic heterocycles. The van der Waals surface area contributed by atoms with Crippen molar-refractivity contribution in [2.75, 3.05) is 13.6 Å². The molecule has 0 saturated heterocycles. The molecule has 3 rings (SSSR count). The maximum atomic E-state index is 12.3. The Hall–Kier alpha value is -2.92. The van der Waals surface area contributed by atoms with Gasteiger partial charge < -0.3 is 10.2 Å². The van der Waals surface area contributed by atoms with E-state index in [2.05, 4.69) is 21.2 Å². The van der Waals surface area contributed by atoms with Gasteiger partial charge in [0.25, 0.3) is 5.91 Å². The normalized spacial score (nSPS) is 10.4. The summed E-state index contributed by atoms with van der Waals surface area (Å²) in [4.78, 5) is 26.3. The van der Waals surface area contributed by atoms with Crippen molar-refractivity contribution >= 4 is 27.7 Å². The minimum Gasteiger partial charge on any atom is -0.343 e. The summed E-state index contributed by atoms with van der Waals surface area (Å²) >= 11 is 3.48. The first-order valence-electron chi connectivity index (χ1n) is 8.95. The fourth-order valence-corrected chi connectivity index (χ4v) is 3.22. The Bertz CT molecular complexity index is 956. The van der Waals surface area contributed by atoms with Crippen molar-refractivity contribution in [1.82, 2.24) is 10.2 Å². The Labute approximate surface area is 173 Å². The monoisotopic (exact) mass is 436 g/mol. The summed E-state index contributed by atoms with van der Waals surface area (Å²) < 4.78 is 0.956. The molecule has 4 nitrogen and oxygen atoms in total. The van der Waals surface area contributed by atoms with E-state index in [1.807, 2.05) is 66.7 Å². The van der Waals surface area contributed by atoms with Crippen LogP contribution in [0.15, 0.2) is 83.3 Å². The highest BCUT2D eigenvalue weighted by Gasteiger charge is 2.13. The number of halogens is 1. The maximum absolute atomic E-state index is 12.3. The lowest BCUT2D eigenvalue weighted by Gasteiger charge is -2.18. The van der Waals surface area contributed by atoms with Crippen molar-refractivity contribution in [1.29, 1.82) is 0 Å². The quantitative estimate of drug-likeness (QED) is 0.617. The highest BCUT2D eigenvalue weighted by atomic mass is 79.9. The van der Waals surface area contributed by atoms with Crippen LogP contribution in [0.5, 0.6) is 0 Å². The number of hydrogen-bond donors (Lipinski definition) is 1. The summed E-state index contributed by atoms with van der Waals surface area (Å²) in [6.07, 6.45) is 0. The molecule has 0 aromatic heterocycles. The van der Waals surface area contributed by atoms with Gasteiger partial charge in [0.05, 0.1) is 6.54 Å². The average Bonchev–Trinajstić information content (AvgIpc) is 2.74. The van der Waals surface area contributed by atoms with E-state index in [0.29, 0.717) is 12.1 Å². The van der Waals surface area contributed by atoms with E-state index in [9.17, 15) is 9.59 Å². The van der Waals surface area contributed by atoms with E-state index in [4.69, 9.17) is 0 Å². The summed E-state index contributed by atoms with van der Waals surface area (Å²) in [6, 6.07) is 25.1. The van der Waals surface area contributed by atoms with E-state index in [1.165, 1.54) is 0 Å². The van der Waals surface area contributed by atoms with Crippen LogP contribution in [-0.2, 0) is 11.3 Å². The smallest absolute Gasteiger partial charge is 0.251 e. The van der Waals surface area contributed by atoms with E-state index < -0.39 is 0 Å². The number of amides is 2. The lowest BCUT2D eigenvalue weighted by atomic mass is 10.0. The predicted molar refractivity (Wildman–Crippen MR) is 115 cm³/mol. The molecule has 0 fully saturated rings. The lowest BCUT2D eigenvalue weighted by Crippen LogP contribution is -2.37. The molecule has 0 aliphatic rings. The molecule has 0 bridgehead atoms. The predicted octanol–water partition coefficient (Wildman–Crippen LogP) is 4.50. The number of benzene rings is 3. The van der Waals surface area contributed by atoms with Crippen molar-refractivity contribution < 1.29 is 9.59 Å². The van der Waals surface area contributed by atoms with Gasteiger partial charge in [-0.15, -0.1) is 0 Å². The second-order valence-electron chi connectivity index (χ2n) is 6.47. The SMILES string of the molecule is CN(Cc1ccccc1Br)C(=O)CNC(=O)c1ccc(-c2ccccc2)cc1. The maximum Gasteiger partial charge on any atom is 0.251 e. The first kappa shape index (κ1) is 19.8. The minimum atomic E-state index is -0.262. The van der Waals surface area contributed by atoms with Crippen LogP contribution < -0.4 is 5.32 Å². The fraction of sp³-hybridized carbons (Fsp3) is 0.130. The van der Waals surface area contributed by atoms with Crippen molar-refractivity contribution in [2.24, 2.45) is 0 Å². The van der Waals surface area contributed by atoms with E-state index >= 15 is 0 Å². The molecule has 0 spiro atoms. The molecule has 0 aliphatic carbocycles. The van der Waals surface area contributed by atoms with Crippen LogP contribution in [0.1, 0.15) is 15.9 Å². The molecule has 1 N–H and O–H groups in total. The highest BCUT2D eigenvalue weighted by Crippen LogP contribution is 2.19. The Kier molecular flexibility index (Phi) is 6.61. The van der Waals surface area contributed by atoms with E-state index in [1.54, 1.807) is 24.1 Å². The zero-order valence-electron chi connectivity index (χ0n) is 15.6. The van der Waals surface area contributed by atoms with Gasteiger partial charge in [-0.05, 0) is 34.9 Å². The number of rotatable bonds is 6. The standard InChI is InChI=1S/C23H21BrN2O2/c1-26(16-20-9-5-6-10-21(20)24)22(27)15-25-23(28)19-13-11-18(12-14-19)17-7-3-2-4-8-17/h2-14H,15-16H2,1H3,(H,25,28). The largest absolute Gasteiger partial charge is 0.343 e. The molecular weight excluding hydrogens is 416 g/mol. The van der Waals surface area contributed by atoms with Gasteiger partial charge in [0.15, 0.2) is 0 Å². The van der Waals surface area contributed by atoms with Crippen molar-refractivity contribution in [3.63, 3.8) is 0 Å². The number of nitrogens with zero attached hydrogens (tertiary/aromatic N) is 1. The topological polar surface area (TPSA) is 49.4 Å². The molecule has 3 aromatic carbocycles. The summed E-state index contributed by atoms with van der Waals surface area (Å²) in [6.45, 7) is 0.433. The zero-order valence-corrected chi connectivity index (χ0v) is 17.1.